The van der Waals surface area contributed by atoms with E-state index in [1.54, 1.807) is 12.4 Å². The molecule has 0 N–H and O–H groups in total. The Bertz CT molecular complexity index is 1320. The van der Waals surface area contributed by atoms with Crippen molar-refractivity contribution in [3.8, 4) is 17.0 Å². The van der Waals surface area contributed by atoms with Crippen molar-refractivity contribution < 1.29 is 9.47 Å². The molecule has 3 aromatic rings. The first-order valence-corrected chi connectivity index (χ1v) is 12.9. The van der Waals surface area contributed by atoms with Crippen LogP contribution in [0.25, 0.3) is 11.1 Å². The summed E-state index contributed by atoms with van der Waals surface area (Å²) >= 11 is 6.41. The number of hydrogen-bond acceptors (Lipinski definition) is 7. The molecule has 0 aliphatic carbocycles. The van der Waals surface area contributed by atoms with Crippen molar-refractivity contribution in [3.63, 3.8) is 0 Å². The third-order valence-corrected chi connectivity index (χ3v) is 7.37. The van der Waals surface area contributed by atoms with E-state index in [-0.39, 0.29) is 22.1 Å². The smallest absolute Gasteiger partial charge is 0.287 e. The fraction of sp³-hybridized carbons (Fsp3) is 0.538. The summed E-state index contributed by atoms with van der Waals surface area (Å²) in [4.78, 5) is 19.0. The molecule has 192 valence electrons. The largest absolute Gasteiger partial charge is 0.472 e. The van der Waals surface area contributed by atoms with Crippen LogP contribution in [0, 0.1) is 19.3 Å². The lowest BCUT2D eigenvalue weighted by Gasteiger charge is -2.38. The number of pyridine rings is 1. The first kappa shape index (κ1) is 24.8. The first-order valence-electron chi connectivity index (χ1n) is 12.5. The van der Waals surface area contributed by atoms with Crippen molar-refractivity contribution in [2.75, 3.05) is 31.2 Å². The molecule has 0 amide bonds. The molecule has 0 radical (unpaired) electrons. The van der Waals surface area contributed by atoms with Gasteiger partial charge in [-0.05, 0) is 31.9 Å². The van der Waals surface area contributed by atoms with Gasteiger partial charge in [0.15, 0.2) is 0 Å². The van der Waals surface area contributed by atoms with Crippen molar-refractivity contribution >= 4 is 17.3 Å². The normalized spacial score (nSPS) is 18.9. The third kappa shape index (κ3) is 4.74. The fourth-order valence-electron chi connectivity index (χ4n) is 5.06. The highest BCUT2D eigenvalue weighted by molar-refractivity contribution is 6.33. The molecule has 0 bridgehead atoms. The summed E-state index contributed by atoms with van der Waals surface area (Å²) < 4.78 is 15.2. The molecule has 0 spiro atoms. The Morgan fingerprint density at radius 2 is 2.08 bits per heavy atom. The van der Waals surface area contributed by atoms with Crippen molar-refractivity contribution in [2.45, 2.75) is 59.7 Å². The predicted octanol–water partition coefficient (Wildman–Crippen LogP) is 3.88. The second-order valence-corrected chi connectivity index (χ2v) is 10.6. The van der Waals surface area contributed by atoms with E-state index in [0.717, 1.165) is 61.7 Å². The maximum Gasteiger partial charge on any atom is 0.287 e. The van der Waals surface area contributed by atoms with Gasteiger partial charge in [0, 0.05) is 48.4 Å². The van der Waals surface area contributed by atoms with Crippen LogP contribution < -0.4 is 15.2 Å². The van der Waals surface area contributed by atoms with Gasteiger partial charge in [-0.3, -0.25) is 9.48 Å². The number of anilines is 1. The maximum absolute atomic E-state index is 12.5. The SMILES string of the molecule is CCCn1ncc(N2CC[C@@H](Oc3cc(-c4c(C)nn(CC5(C)COC5)c4C)ccn3)C2)c(Cl)c1=O. The summed E-state index contributed by atoms with van der Waals surface area (Å²) in [6.45, 7) is 12.7. The van der Waals surface area contributed by atoms with E-state index in [1.165, 1.54) is 4.68 Å². The maximum atomic E-state index is 12.5. The summed E-state index contributed by atoms with van der Waals surface area (Å²) in [5.74, 6) is 0.577. The molecule has 0 aromatic carbocycles. The van der Waals surface area contributed by atoms with Crippen molar-refractivity contribution in [1.29, 1.82) is 0 Å². The average Bonchev–Trinajstić information content (AvgIpc) is 3.40. The Morgan fingerprint density at radius 3 is 2.81 bits per heavy atom. The molecule has 2 aliphatic heterocycles. The number of halogens is 1. The van der Waals surface area contributed by atoms with Crippen LogP contribution in [-0.2, 0) is 17.8 Å². The summed E-state index contributed by atoms with van der Waals surface area (Å²) in [6, 6.07) is 3.98. The Labute approximate surface area is 216 Å². The van der Waals surface area contributed by atoms with E-state index in [4.69, 9.17) is 26.2 Å². The fourth-order valence-corrected chi connectivity index (χ4v) is 5.33. The van der Waals surface area contributed by atoms with Crippen LogP contribution in [0.15, 0.2) is 29.3 Å². The summed E-state index contributed by atoms with van der Waals surface area (Å²) in [7, 11) is 0. The quantitative estimate of drug-likeness (QED) is 0.452. The van der Waals surface area contributed by atoms with Gasteiger partial charge in [-0.1, -0.05) is 25.4 Å². The van der Waals surface area contributed by atoms with Gasteiger partial charge >= 0.3 is 0 Å². The summed E-state index contributed by atoms with van der Waals surface area (Å²) in [5.41, 5.74) is 4.82. The third-order valence-electron chi connectivity index (χ3n) is 7.01. The van der Waals surface area contributed by atoms with E-state index in [0.29, 0.717) is 24.7 Å². The lowest BCUT2D eigenvalue weighted by atomic mass is 9.89. The highest BCUT2D eigenvalue weighted by Crippen LogP contribution is 2.34. The monoisotopic (exact) mass is 512 g/mol. The molecule has 0 saturated carbocycles. The van der Waals surface area contributed by atoms with E-state index >= 15 is 0 Å². The van der Waals surface area contributed by atoms with Gasteiger partial charge in [0.25, 0.3) is 5.56 Å². The number of aromatic nitrogens is 5. The Morgan fingerprint density at radius 1 is 1.28 bits per heavy atom. The molecule has 2 saturated heterocycles. The lowest BCUT2D eigenvalue weighted by Crippen LogP contribution is -2.43. The average molecular weight is 513 g/mol. The van der Waals surface area contributed by atoms with E-state index in [9.17, 15) is 4.79 Å². The van der Waals surface area contributed by atoms with E-state index in [1.807, 2.05) is 26.0 Å². The van der Waals surface area contributed by atoms with Gasteiger partial charge in [-0.25, -0.2) is 9.67 Å². The Hall–Kier alpha value is -2.91. The molecule has 5 rings (SSSR count). The molecule has 3 aromatic heterocycles. The molecule has 10 heteroatoms. The zero-order chi connectivity index (χ0) is 25.4. The van der Waals surface area contributed by atoms with Crippen LogP contribution >= 0.6 is 11.6 Å². The first-order chi connectivity index (χ1) is 17.3. The number of hydrogen-bond donors (Lipinski definition) is 0. The Kier molecular flexibility index (Phi) is 6.78. The second kappa shape index (κ2) is 9.86. The lowest BCUT2D eigenvalue weighted by molar-refractivity contribution is -0.111. The topological polar surface area (TPSA) is 87.3 Å². The van der Waals surface area contributed by atoms with Gasteiger partial charge in [-0.15, -0.1) is 0 Å². The minimum atomic E-state index is -0.250. The van der Waals surface area contributed by atoms with Crippen LogP contribution in [-0.4, -0.2) is 57.0 Å². The van der Waals surface area contributed by atoms with Crippen LogP contribution in [0.4, 0.5) is 5.69 Å². The van der Waals surface area contributed by atoms with Gasteiger partial charge < -0.3 is 14.4 Å². The Balaban J connectivity index is 1.30. The van der Waals surface area contributed by atoms with Gasteiger partial charge in [0.2, 0.25) is 5.88 Å². The van der Waals surface area contributed by atoms with Gasteiger partial charge in [-0.2, -0.15) is 10.2 Å². The van der Waals surface area contributed by atoms with Crippen molar-refractivity contribution in [1.82, 2.24) is 24.5 Å². The van der Waals surface area contributed by atoms with Crippen LogP contribution in [0.3, 0.4) is 0 Å². The molecule has 1 atom stereocenters. The van der Waals surface area contributed by atoms with Crippen LogP contribution in [0.2, 0.25) is 5.02 Å². The van der Waals surface area contributed by atoms with E-state index < -0.39 is 0 Å². The van der Waals surface area contributed by atoms with Crippen LogP contribution in [0.1, 0.15) is 38.1 Å². The number of rotatable bonds is 8. The molecule has 5 heterocycles. The standard InChI is InChI=1S/C26H33ClN6O3/c1-5-9-32-25(34)24(27)21(12-29-32)31-10-7-20(13-31)36-22-11-19(6-8-28-22)23-17(2)30-33(18(23)3)14-26(4)15-35-16-26/h6,8,11-12,20H,5,7,9-10,13-16H2,1-4H3/t20-/m1/s1. The summed E-state index contributed by atoms with van der Waals surface area (Å²) in [6.07, 6.45) is 5.02. The zero-order valence-corrected chi connectivity index (χ0v) is 22.1. The van der Waals surface area contributed by atoms with Crippen molar-refractivity contribution in [3.05, 3.63) is 51.3 Å². The second-order valence-electron chi connectivity index (χ2n) is 10.2. The molecule has 9 nitrogen and oxygen atoms in total. The summed E-state index contributed by atoms with van der Waals surface area (Å²) in [5, 5.41) is 9.31. The number of aryl methyl sites for hydroxylation is 2. The molecular weight excluding hydrogens is 480 g/mol. The number of ether oxygens (including phenoxy) is 2. The molecular formula is C26H33ClN6O3. The molecule has 2 aliphatic rings. The number of nitrogens with zero attached hydrogens (tertiary/aromatic N) is 6. The highest BCUT2D eigenvalue weighted by atomic mass is 35.5. The zero-order valence-electron chi connectivity index (χ0n) is 21.3. The predicted molar refractivity (Wildman–Crippen MR) is 139 cm³/mol. The molecule has 0 unspecified atom stereocenters. The molecule has 2 fully saturated rings. The molecule has 36 heavy (non-hydrogen) atoms. The minimum Gasteiger partial charge on any atom is -0.472 e. The van der Waals surface area contributed by atoms with E-state index in [2.05, 4.69) is 33.5 Å². The van der Waals surface area contributed by atoms with Crippen molar-refractivity contribution in [2.24, 2.45) is 5.41 Å². The van der Waals surface area contributed by atoms with Gasteiger partial charge in [0.05, 0.1) is 43.9 Å². The highest BCUT2D eigenvalue weighted by Gasteiger charge is 2.35. The minimum absolute atomic E-state index is 0.0645. The van der Waals surface area contributed by atoms with Crippen LogP contribution in [0.5, 0.6) is 5.88 Å². The van der Waals surface area contributed by atoms with Gasteiger partial charge in [0.1, 0.15) is 11.1 Å².